The molecular weight excluding hydrogens is 1580 g/mol. The minimum absolute atomic E-state index is 0.884. The van der Waals surface area contributed by atoms with Gasteiger partial charge in [0.1, 0.15) is 207 Å². The van der Waals surface area contributed by atoms with Gasteiger partial charge in [-0.05, 0) is 6.92 Å². The highest BCUT2D eigenvalue weighted by Crippen LogP contribution is 2.42. The van der Waals surface area contributed by atoms with Gasteiger partial charge in [-0.1, -0.05) is 0 Å². The Morgan fingerprint density at radius 2 is 0.690 bits per heavy atom. The molecule has 9 heterocycles. The Balaban J connectivity index is 1.11. The summed E-state index contributed by atoms with van der Waals surface area (Å²) in [4.78, 5) is 50.6. The summed E-state index contributed by atoms with van der Waals surface area (Å²) in [7, 11) is -5.25. The van der Waals surface area contributed by atoms with Gasteiger partial charge in [-0.25, -0.2) is 8.98 Å². The van der Waals surface area contributed by atoms with Gasteiger partial charge in [-0.2, -0.15) is 8.42 Å². The van der Waals surface area contributed by atoms with Gasteiger partial charge in [-0.3, -0.25) is 18.9 Å². The number of aliphatic hydroxyl groups is 23. The van der Waals surface area contributed by atoms with E-state index in [1.165, 1.54) is 0 Å². The topological polar surface area (TPSA) is 810 Å². The standard InChI is InChI=1S/C60H99N3O49S/c1-12-26(72)33(79)38(84)55(97-12)112-50-49(111-59-42(88)47(30(76)18(7-66)101-59)109-58-40(86)35(81)36(82)48(110-58)51(89)90)44(106-57-41(87)37(83)43(19(8-67)102-57)105-54-25(63-15(4)71)46(29(75)17(6-65)99-54)107-56-39(85)34(80)27(73)16(5-64)100-56)20(9-68)103-60(50)108-45-24(62-14(3)70)52(91)98-21(31(45)77)10-95-53-23(61-13(2)69)32(78)28(74)22(104-53)11-96-113(92,93)94/h12,16-50,52-60,64-68,72-88,91H,5-11H2,1-4H3,(H,61,69)(H,62,70)(H,63,71)(H,89,90)(H,92,93,94)/t12-,16+,17+,18+,19+,20+,21+,22+,23+,24+,25+,26+,27-,28+,29-,30-,31-,32+,33+,34-,35-,36-,37+,38-,39+,40-,41+,42+,43-,44-,45+,46+,47-,48-,49-,50+,52+,53+,54+,55-,56-,57-,58+,59-,60-/m0/s1. The third-order valence-corrected chi connectivity index (χ3v) is 20.5. The zero-order valence-corrected chi connectivity index (χ0v) is 60.6. The first-order valence-corrected chi connectivity index (χ1v) is 36.5. The summed E-state index contributed by atoms with van der Waals surface area (Å²) >= 11 is 0. The van der Waals surface area contributed by atoms with Gasteiger partial charge < -0.3 is 219 Å². The Labute approximate surface area is 637 Å². The van der Waals surface area contributed by atoms with Crippen molar-refractivity contribution < 1.29 is 239 Å². The van der Waals surface area contributed by atoms with Crippen molar-refractivity contribution in [3.63, 3.8) is 0 Å². The smallest absolute Gasteiger partial charge is 0.397 e. The fourth-order valence-corrected chi connectivity index (χ4v) is 14.4. The fraction of sp³-hybridized carbons (Fsp3) is 0.933. The minimum Gasteiger partial charge on any atom is -0.479 e. The Bertz CT molecular complexity index is 3180. The first-order valence-electron chi connectivity index (χ1n) is 35.1. The number of nitrogens with one attached hydrogen (secondary N) is 3. The number of carboxylic acids is 1. The molecule has 0 aliphatic carbocycles. The monoisotopic (exact) mass is 1680 g/mol. The van der Waals surface area contributed by atoms with E-state index in [1.807, 2.05) is 0 Å². The van der Waals surface area contributed by atoms with Crippen LogP contribution in [0.3, 0.4) is 0 Å². The summed E-state index contributed by atoms with van der Waals surface area (Å²) in [5.74, 6) is -4.82. The Morgan fingerprint density at radius 3 is 1.25 bits per heavy atom. The summed E-state index contributed by atoms with van der Waals surface area (Å²) in [6.45, 7) is -4.54. The molecule has 0 spiro atoms. The van der Waals surface area contributed by atoms with Crippen LogP contribution in [0.25, 0.3) is 0 Å². The van der Waals surface area contributed by atoms with Gasteiger partial charge in [0, 0.05) is 20.8 Å². The zero-order chi connectivity index (χ0) is 83.6. The molecule has 0 unspecified atom stereocenters. The van der Waals surface area contributed by atoms with E-state index in [4.69, 9.17) is 80.5 Å². The highest BCUT2D eigenvalue weighted by molar-refractivity contribution is 7.80. The van der Waals surface area contributed by atoms with Crippen LogP contribution >= 0.6 is 0 Å². The second-order valence-corrected chi connectivity index (χ2v) is 29.1. The molecule has 9 fully saturated rings. The van der Waals surface area contributed by atoms with Crippen LogP contribution in [0.15, 0.2) is 0 Å². The molecule has 0 aromatic carbocycles. The van der Waals surface area contributed by atoms with Gasteiger partial charge in [0.2, 0.25) is 17.7 Å². The third-order valence-electron chi connectivity index (χ3n) is 20.1. The quantitative estimate of drug-likeness (QED) is 0.0309. The van der Waals surface area contributed by atoms with Crippen molar-refractivity contribution in [2.45, 2.75) is 304 Å². The summed E-state index contributed by atoms with van der Waals surface area (Å²) in [5.41, 5.74) is 0. The average molecular weight is 1680 g/mol. The lowest BCUT2D eigenvalue weighted by atomic mass is 9.93. The maximum Gasteiger partial charge on any atom is 0.397 e. The van der Waals surface area contributed by atoms with Crippen LogP contribution in [0.4, 0.5) is 0 Å². The first kappa shape index (κ1) is 93.0. The molecule has 45 atom stereocenters. The predicted octanol–water partition coefficient (Wildman–Crippen LogP) is -19.2. The van der Waals surface area contributed by atoms with E-state index >= 15 is 0 Å². The number of amides is 3. The highest BCUT2D eigenvalue weighted by atomic mass is 32.3. The Hall–Kier alpha value is -3.85. The molecule has 0 bridgehead atoms. The Kier molecular flexibility index (Phi) is 32.6. The molecule has 0 saturated carbocycles. The maximum atomic E-state index is 13.1. The van der Waals surface area contributed by atoms with Crippen molar-refractivity contribution in [1.82, 2.24) is 16.0 Å². The van der Waals surface area contributed by atoms with Gasteiger partial charge in [0.05, 0.1) is 52.4 Å². The number of carboxylic acid groups (broad SMARTS) is 1. The fourth-order valence-electron chi connectivity index (χ4n) is 14.1. The van der Waals surface area contributed by atoms with E-state index in [2.05, 4.69) is 20.1 Å². The number of carbonyl (C=O) groups is 4. The lowest BCUT2D eigenvalue weighted by Gasteiger charge is -2.53. The van der Waals surface area contributed by atoms with Crippen molar-refractivity contribution in [1.29, 1.82) is 0 Å². The minimum atomic E-state index is -5.25. The maximum absolute atomic E-state index is 13.1. The molecule has 0 aromatic rings. The molecule has 0 radical (unpaired) electrons. The molecule has 3 amide bonds. The van der Waals surface area contributed by atoms with E-state index in [0.29, 0.717) is 0 Å². The molecule has 28 N–H and O–H groups in total. The SMILES string of the molecule is CC(=O)N[C@@H]1[C@@H](O[C@@H]2O[C@H](CO)[C@H](O[C@@H]3O[C@H](CO)[C@H](O[C@H]4O[C@H](CO)[C@H](O)[C@H](O[C@@H]5O[C@H](CO)[C@H](O)[C@H](O)[C@H]5O)[C@H]4NC(C)=O)[C@H](O)[C@H]3O)[C@H](O[C@@H]3O[C@H](CO)[C@H](O)[C@H](O[C@@H]4O[C@H](C(=O)O)[C@@H](O)[C@H](O)[C@@H]4O)[C@H]3O)[C@H]2O[C@@H]2O[C@@H](C)[C@@H](O)[C@@H](O)[C@@H]2O)[C@@H](O)[C@@H](CO[C@@H]2O[C@H](COS(=O)(=O)O)[C@@H](O)[C@H](O)[C@H]2NC(C)=O)O[C@H]1O. The normalized spacial score (nSPS) is 48.8. The van der Waals surface area contributed by atoms with E-state index in [9.17, 15) is 155 Å². The molecule has 53 heteroatoms. The number of rotatable bonds is 29. The number of ether oxygens (including phenoxy) is 17. The largest absolute Gasteiger partial charge is 0.479 e. The van der Waals surface area contributed by atoms with Gasteiger partial charge in [-0.15, -0.1) is 0 Å². The lowest BCUT2D eigenvalue weighted by Crippen LogP contribution is -2.71. The first-order chi connectivity index (χ1) is 53.1. The summed E-state index contributed by atoms with van der Waals surface area (Å²) in [5, 5.41) is 275. The van der Waals surface area contributed by atoms with Crippen molar-refractivity contribution in [2.24, 2.45) is 0 Å². The van der Waals surface area contributed by atoms with E-state index in [-0.39, 0.29) is 0 Å². The molecule has 52 nitrogen and oxygen atoms in total. The summed E-state index contributed by atoms with van der Waals surface area (Å²) < 4.78 is 138. The van der Waals surface area contributed by atoms with Crippen LogP contribution < -0.4 is 16.0 Å². The van der Waals surface area contributed by atoms with Crippen LogP contribution in [0.5, 0.6) is 0 Å². The molecule has 9 rings (SSSR count). The van der Waals surface area contributed by atoms with Crippen LogP contribution in [-0.4, -0.2) is 482 Å². The van der Waals surface area contributed by atoms with Gasteiger partial charge in [0.25, 0.3) is 0 Å². The molecule has 9 saturated heterocycles. The number of aliphatic hydroxyl groups excluding tert-OH is 23. The molecular formula is C60H99N3O49S. The molecule has 654 valence electrons. The van der Waals surface area contributed by atoms with Crippen molar-refractivity contribution in [3.05, 3.63) is 0 Å². The molecule has 9 aliphatic rings. The van der Waals surface area contributed by atoms with E-state index < -0.39 is 357 Å². The second-order valence-electron chi connectivity index (χ2n) is 28.0. The van der Waals surface area contributed by atoms with Crippen molar-refractivity contribution >= 4 is 34.1 Å². The van der Waals surface area contributed by atoms with Crippen molar-refractivity contribution in [2.75, 3.05) is 46.2 Å². The summed E-state index contributed by atoms with van der Waals surface area (Å²) in [6, 6.07) is -5.74. The van der Waals surface area contributed by atoms with Gasteiger partial charge >= 0.3 is 16.4 Å². The number of hydrogen-bond acceptors (Lipinski definition) is 47. The molecule has 0 aromatic heterocycles. The van der Waals surface area contributed by atoms with Crippen LogP contribution in [0.1, 0.15) is 27.7 Å². The second kappa shape index (κ2) is 39.6. The van der Waals surface area contributed by atoms with Gasteiger partial charge in [0.15, 0.2) is 62.7 Å². The predicted molar refractivity (Wildman–Crippen MR) is 341 cm³/mol. The highest BCUT2D eigenvalue weighted by Gasteiger charge is 2.62. The average Bonchev–Trinajstić information content (AvgIpc) is 0.756. The number of carbonyl (C=O) groups excluding carboxylic acids is 3. The third kappa shape index (κ3) is 21.0. The van der Waals surface area contributed by atoms with Crippen molar-refractivity contribution in [3.8, 4) is 0 Å². The van der Waals surface area contributed by atoms with Crippen LogP contribution in [-0.2, 0) is 114 Å². The molecule has 9 aliphatic heterocycles. The Morgan fingerprint density at radius 1 is 0.319 bits per heavy atom. The number of aliphatic carboxylic acids is 1. The van der Waals surface area contributed by atoms with E-state index in [1.54, 1.807) is 0 Å². The van der Waals surface area contributed by atoms with Crippen LogP contribution in [0.2, 0.25) is 0 Å². The van der Waals surface area contributed by atoms with Crippen LogP contribution in [0, 0.1) is 0 Å². The molecule has 113 heavy (non-hydrogen) atoms. The summed E-state index contributed by atoms with van der Waals surface area (Å²) in [6.07, 6.45) is -93.9. The van der Waals surface area contributed by atoms with E-state index in [0.717, 1.165) is 27.7 Å². The lowest BCUT2D eigenvalue weighted by molar-refractivity contribution is -0.420. The number of hydrogen-bond donors (Lipinski definition) is 28. The zero-order valence-electron chi connectivity index (χ0n) is 59.8.